The molecule has 1 saturated heterocycles. The van der Waals surface area contributed by atoms with Crippen LogP contribution in [0.25, 0.3) is 0 Å². The quantitative estimate of drug-likeness (QED) is 0.410. The lowest BCUT2D eigenvalue weighted by atomic mass is 9.99. The first-order chi connectivity index (χ1) is 14.8. The molecule has 3 aromatic carbocycles. The third-order valence-corrected chi connectivity index (χ3v) is 6.20. The summed E-state index contributed by atoms with van der Waals surface area (Å²) in [5.41, 5.74) is 3.88. The molecule has 1 aromatic heterocycles. The van der Waals surface area contributed by atoms with Crippen molar-refractivity contribution in [3.63, 3.8) is 0 Å². The maximum Gasteiger partial charge on any atom is 0.130 e. The molecule has 5 rings (SSSR count). The van der Waals surface area contributed by atoms with E-state index in [1.807, 2.05) is 0 Å². The number of rotatable bonds is 4. The van der Waals surface area contributed by atoms with Crippen LogP contribution >= 0.6 is 0 Å². The van der Waals surface area contributed by atoms with Gasteiger partial charge in [0.2, 0.25) is 0 Å². The predicted octanol–water partition coefficient (Wildman–Crippen LogP) is 6.18. The van der Waals surface area contributed by atoms with Crippen molar-refractivity contribution in [3.8, 4) is 0 Å². The molecule has 1 aliphatic heterocycles. The zero-order valence-corrected chi connectivity index (χ0v) is 17.5. The third kappa shape index (κ3) is 3.07. The highest BCUT2D eigenvalue weighted by Crippen LogP contribution is 2.49. The molecule has 0 saturated carbocycles. The van der Waals surface area contributed by atoms with Gasteiger partial charge in [0.15, 0.2) is 0 Å². The molecule has 4 aromatic rings. The molecule has 2 unspecified atom stereocenters. The second-order valence-electron chi connectivity index (χ2n) is 8.01. The Kier molecular flexibility index (Phi) is 4.80. The van der Waals surface area contributed by atoms with Crippen LogP contribution in [0.4, 0.5) is 11.5 Å². The molecule has 1 aliphatic rings. The number of hydrogen-bond donors (Lipinski definition) is 0. The minimum Gasteiger partial charge on any atom is -0.338 e. The predicted molar refractivity (Wildman–Crippen MR) is 125 cm³/mol. The van der Waals surface area contributed by atoms with E-state index in [0.717, 1.165) is 0 Å². The van der Waals surface area contributed by atoms with Gasteiger partial charge in [0.25, 0.3) is 0 Å². The number of aryl methyl sites for hydroxylation is 1. The monoisotopic (exact) mass is 393 g/mol. The standard InChI is InChI=1S/C27H27N3/c1-21-26(22-13-6-3-7-14-22)30(24-17-10-5-11-18-24)27(23-15-8-4-9-16-23)29(21)25-19-12-20-28(25)2/h3-21,26-27H,1-2H3/t21-,26?,27?/m0/s1. The van der Waals surface area contributed by atoms with Crippen LogP contribution in [0.1, 0.15) is 30.3 Å². The molecule has 3 heteroatoms. The summed E-state index contributed by atoms with van der Waals surface area (Å²) in [7, 11) is 2.13. The molecule has 0 radical (unpaired) electrons. The Balaban J connectivity index is 1.74. The number of anilines is 2. The fourth-order valence-corrected chi connectivity index (χ4v) is 4.89. The zero-order chi connectivity index (χ0) is 20.5. The van der Waals surface area contributed by atoms with Gasteiger partial charge in [-0.2, -0.15) is 0 Å². The Labute approximate surface area is 178 Å². The van der Waals surface area contributed by atoms with E-state index in [0.29, 0.717) is 0 Å². The van der Waals surface area contributed by atoms with Crippen molar-refractivity contribution in [2.75, 3.05) is 9.80 Å². The first-order valence-electron chi connectivity index (χ1n) is 10.6. The van der Waals surface area contributed by atoms with Crippen molar-refractivity contribution >= 4 is 11.5 Å². The van der Waals surface area contributed by atoms with Gasteiger partial charge < -0.3 is 14.4 Å². The van der Waals surface area contributed by atoms with Gasteiger partial charge >= 0.3 is 0 Å². The Morgan fingerprint density at radius 3 is 1.73 bits per heavy atom. The number of hydrogen-bond acceptors (Lipinski definition) is 2. The van der Waals surface area contributed by atoms with E-state index in [1.165, 1.54) is 22.6 Å². The van der Waals surface area contributed by atoms with Crippen LogP contribution < -0.4 is 9.80 Å². The normalized spacial score (nSPS) is 21.2. The first-order valence-corrected chi connectivity index (χ1v) is 10.6. The van der Waals surface area contributed by atoms with E-state index in [9.17, 15) is 0 Å². The van der Waals surface area contributed by atoms with Crippen molar-refractivity contribution in [3.05, 3.63) is 120 Å². The maximum atomic E-state index is 2.59. The minimum atomic E-state index is 0.0995. The summed E-state index contributed by atoms with van der Waals surface area (Å²) in [5.74, 6) is 1.23. The summed E-state index contributed by atoms with van der Waals surface area (Å²) in [4.78, 5) is 5.16. The Bertz CT molecular complexity index is 1090. The zero-order valence-electron chi connectivity index (χ0n) is 17.5. The summed E-state index contributed by atoms with van der Waals surface area (Å²) >= 11 is 0. The fraction of sp³-hybridized carbons (Fsp3) is 0.185. The molecule has 1 fully saturated rings. The average Bonchev–Trinajstić information content (AvgIpc) is 3.35. The number of benzene rings is 3. The molecule has 3 atom stereocenters. The molecular weight excluding hydrogens is 366 g/mol. The van der Waals surface area contributed by atoms with Crippen molar-refractivity contribution in [1.29, 1.82) is 0 Å². The van der Waals surface area contributed by atoms with Gasteiger partial charge in [0.05, 0.1) is 12.1 Å². The van der Waals surface area contributed by atoms with Gasteiger partial charge in [-0.05, 0) is 42.3 Å². The van der Waals surface area contributed by atoms with Crippen LogP contribution in [0, 0.1) is 0 Å². The molecule has 0 aliphatic carbocycles. The Hall–Kier alpha value is -3.46. The highest BCUT2D eigenvalue weighted by atomic mass is 15.5. The third-order valence-electron chi connectivity index (χ3n) is 6.20. The van der Waals surface area contributed by atoms with Crippen LogP contribution in [0.5, 0.6) is 0 Å². The number of nitrogens with zero attached hydrogens (tertiary/aromatic N) is 3. The van der Waals surface area contributed by atoms with Gasteiger partial charge in [-0.25, -0.2) is 0 Å². The number of aromatic nitrogens is 1. The van der Waals surface area contributed by atoms with Crippen LogP contribution in [-0.4, -0.2) is 10.6 Å². The van der Waals surface area contributed by atoms with E-state index < -0.39 is 0 Å². The summed E-state index contributed by atoms with van der Waals surface area (Å²) in [6, 6.07) is 37.5. The molecule has 150 valence electrons. The van der Waals surface area contributed by atoms with Crippen LogP contribution in [0.15, 0.2) is 109 Å². The number of para-hydroxylation sites is 1. The van der Waals surface area contributed by atoms with E-state index in [2.05, 4.69) is 138 Å². The van der Waals surface area contributed by atoms with Gasteiger partial charge in [-0.1, -0.05) is 78.9 Å². The van der Waals surface area contributed by atoms with Crippen LogP contribution in [-0.2, 0) is 7.05 Å². The van der Waals surface area contributed by atoms with Crippen molar-refractivity contribution in [2.45, 2.75) is 25.2 Å². The topological polar surface area (TPSA) is 11.4 Å². The van der Waals surface area contributed by atoms with Gasteiger partial charge in [-0.3, -0.25) is 0 Å². The average molecular weight is 394 g/mol. The molecule has 3 nitrogen and oxygen atoms in total. The van der Waals surface area contributed by atoms with Crippen LogP contribution in [0.3, 0.4) is 0 Å². The Morgan fingerprint density at radius 1 is 0.600 bits per heavy atom. The summed E-state index contributed by atoms with van der Waals surface area (Å²) in [6.07, 6.45) is 2.23. The SMILES string of the molecule is C[C@H]1C(c2ccccc2)N(c2ccccc2)C(c2ccccc2)N1c1cccn1C. The van der Waals surface area contributed by atoms with E-state index in [4.69, 9.17) is 0 Å². The molecule has 2 heterocycles. The van der Waals surface area contributed by atoms with E-state index in [1.54, 1.807) is 0 Å². The van der Waals surface area contributed by atoms with E-state index >= 15 is 0 Å². The second-order valence-corrected chi connectivity index (χ2v) is 8.01. The summed E-state index contributed by atoms with van der Waals surface area (Å²) < 4.78 is 2.23. The lowest BCUT2D eigenvalue weighted by molar-refractivity contribution is 0.624. The summed E-state index contributed by atoms with van der Waals surface area (Å²) in [6.45, 7) is 2.35. The second kappa shape index (κ2) is 7.75. The first kappa shape index (κ1) is 18.6. The molecule has 0 N–H and O–H groups in total. The van der Waals surface area contributed by atoms with Crippen molar-refractivity contribution in [2.24, 2.45) is 7.05 Å². The largest absolute Gasteiger partial charge is 0.338 e. The van der Waals surface area contributed by atoms with Gasteiger partial charge in [-0.15, -0.1) is 0 Å². The fourth-order valence-electron chi connectivity index (χ4n) is 4.89. The summed E-state index contributed by atoms with van der Waals surface area (Å²) in [5, 5.41) is 0. The van der Waals surface area contributed by atoms with Crippen LogP contribution in [0.2, 0.25) is 0 Å². The molecular formula is C27H27N3. The molecule has 30 heavy (non-hydrogen) atoms. The van der Waals surface area contributed by atoms with Gasteiger partial charge in [0.1, 0.15) is 12.0 Å². The Morgan fingerprint density at radius 2 is 1.17 bits per heavy atom. The molecule has 0 amide bonds. The van der Waals surface area contributed by atoms with Gasteiger partial charge in [0, 0.05) is 18.9 Å². The smallest absolute Gasteiger partial charge is 0.130 e. The highest BCUT2D eigenvalue weighted by Gasteiger charge is 2.47. The lowest BCUT2D eigenvalue weighted by Gasteiger charge is -2.35. The minimum absolute atomic E-state index is 0.0995. The lowest BCUT2D eigenvalue weighted by Crippen LogP contribution is -2.34. The molecule has 0 bridgehead atoms. The highest BCUT2D eigenvalue weighted by molar-refractivity contribution is 5.61. The van der Waals surface area contributed by atoms with E-state index in [-0.39, 0.29) is 18.2 Å². The molecule has 0 spiro atoms. The van der Waals surface area contributed by atoms with Crippen molar-refractivity contribution < 1.29 is 0 Å². The van der Waals surface area contributed by atoms with Crippen molar-refractivity contribution in [1.82, 2.24) is 4.57 Å². The maximum absolute atomic E-state index is 2.59.